The van der Waals surface area contributed by atoms with Crippen LogP contribution in [0.2, 0.25) is 0 Å². The third kappa shape index (κ3) is 2.96. The fourth-order valence-corrected chi connectivity index (χ4v) is 3.21. The summed E-state index contributed by atoms with van der Waals surface area (Å²) in [5.41, 5.74) is 0.208. The maximum atomic E-state index is 11.9. The molecule has 0 spiro atoms. The number of aliphatic imine (C=N–C) groups is 1. The highest BCUT2D eigenvalue weighted by molar-refractivity contribution is 7.90. The van der Waals surface area contributed by atoms with Crippen LogP contribution in [0.4, 0.5) is 0 Å². The van der Waals surface area contributed by atoms with Gasteiger partial charge in [0.25, 0.3) is 10.0 Å². The van der Waals surface area contributed by atoms with Crippen LogP contribution in [0.3, 0.4) is 0 Å². The van der Waals surface area contributed by atoms with Crippen molar-refractivity contribution in [3.63, 3.8) is 0 Å². The molecule has 6 heteroatoms. The van der Waals surface area contributed by atoms with Crippen LogP contribution in [0.25, 0.3) is 0 Å². The molecule has 1 N–H and O–H groups in total. The summed E-state index contributed by atoms with van der Waals surface area (Å²) in [6.07, 6.45) is 0. The molecule has 0 fully saturated rings. The Labute approximate surface area is 113 Å². The standard InChI is InChI=1S/C13H18N2O3S/c1-4-18-13(2,3)9-14-12-10-7-5-6-8-11(10)19(16,17)15-12/h5-8H,4,9H2,1-3H3,(H,14,15). The van der Waals surface area contributed by atoms with E-state index < -0.39 is 15.6 Å². The van der Waals surface area contributed by atoms with E-state index in [1.807, 2.05) is 20.8 Å². The van der Waals surface area contributed by atoms with Gasteiger partial charge in [-0.1, -0.05) is 12.1 Å². The number of hydrogen-bond acceptors (Lipinski definition) is 4. The van der Waals surface area contributed by atoms with Crippen molar-refractivity contribution in [2.75, 3.05) is 13.2 Å². The van der Waals surface area contributed by atoms with Crippen molar-refractivity contribution in [1.29, 1.82) is 0 Å². The number of rotatable bonds is 4. The highest BCUT2D eigenvalue weighted by Crippen LogP contribution is 2.22. The van der Waals surface area contributed by atoms with Gasteiger partial charge in [-0.25, -0.2) is 8.42 Å². The molecule has 19 heavy (non-hydrogen) atoms. The molecule has 0 amide bonds. The molecule has 0 saturated carbocycles. The van der Waals surface area contributed by atoms with Crippen LogP contribution in [-0.4, -0.2) is 33.0 Å². The summed E-state index contributed by atoms with van der Waals surface area (Å²) in [4.78, 5) is 4.63. The Hall–Kier alpha value is -1.40. The summed E-state index contributed by atoms with van der Waals surface area (Å²) in [6.45, 7) is 6.77. The quantitative estimate of drug-likeness (QED) is 0.911. The number of sulfonamides is 1. The molecule has 0 saturated heterocycles. The molecular weight excluding hydrogens is 264 g/mol. The van der Waals surface area contributed by atoms with Crippen LogP contribution in [-0.2, 0) is 14.8 Å². The average molecular weight is 282 g/mol. The monoisotopic (exact) mass is 282 g/mol. The summed E-state index contributed by atoms with van der Waals surface area (Å²) in [5.74, 6) is 0.392. The Morgan fingerprint density at radius 3 is 2.68 bits per heavy atom. The highest BCUT2D eigenvalue weighted by Gasteiger charge is 2.30. The lowest BCUT2D eigenvalue weighted by Crippen LogP contribution is -2.30. The topological polar surface area (TPSA) is 67.8 Å². The van der Waals surface area contributed by atoms with Gasteiger partial charge in [0.15, 0.2) is 0 Å². The van der Waals surface area contributed by atoms with E-state index in [1.165, 1.54) is 0 Å². The van der Waals surface area contributed by atoms with E-state index in [4.69, 9.17) is 4.74 Å². The third-order valence-electron chi connectivity index (χ3n) is 2.82. The average Bonchev–Trinajstić information content (AvgIpc) is 2.60. The molecule has 0 aliphatic carbocycles. The van der Waals surface area contributed by atoms with Crippen molar-refractivity contribution in [3.8, 4) is 0 Å². The van der Waals surface area contributed by atoms with E-state index in [1.54, 1.807) is 24.3 Å². The van der Waals surface area contributed by atoms with Crippen LogP contribution in [0, 0.1) is 0 Å². The first-order valence-corrected chi connectivity index (χ1v) is 7.65. The molecule has 0 atom stereocenters. The summed E-state index contributed by atoms with van der Waals surface area (Å²) in [6, 6.07) is 6.82. The van der Waals surface area contributed by atoms with E-state index in [0.29, 0.717) is 24.6 Å². The molecule has 1 heterocycles. The third-order valence-corrected chi connectivity index (χ3v) is 4.21. The zero-order valence-electron chi connectivity index (χ0n) is 11.3. The molecule has 1 aliphatic rings. The molecule has 1 aromatic carbocycles. The van der Waals surface area contributed by atoms with Crippen LogP contribution in [0.1, 0.15) is 26.3 Å². The molecule has 0 bridgehead atoms. The first-order valence-electron chi connectivity index (χ1n) is 6.16. The van der Waals surface area contributed by atoms with Crippen molar-refractivity contribution in [2.45, 2.75) is 31.3 Å². The lowest BCUT2D eigenvalue weighted by molar-refractivity contribution is -0.00210. The number of nitrogens with zero attached hydrogens (tertiary/aromatic N) is 1. The lowest BCUT2D eigenvalue weighted by atomic mass is 10.1. The van der Waals surface area contributed by atoms with Gasteiger partial charge in [-0.05, 0) is 32.9 Å². The minimum atomic E-state index is -3.46. The summed E-state index contributed by atoms with van der Waals surface area (Å²) in [5, 5.41) is 0. The SMILES string of the molecule is CCOC(C)(C)CN=C1NS(=O)(=O)c2ccccc21. The lowest BCUT2D eigenvalue weighted by Gasteiger charge is -2.22. The Balaban J connectivity index is 2.29. The van der Waals surface area contributed by atoms with Crippen molar-refractivity contribution in [1.82, 2.24) is 4.72 Å². The van der Waals surface area contributed by atoms with Crippen molar-refractivity contribution >= 4 is 15.9 Å². The molecular formula is C13H18N2O3S. The Kier molecular flexibility index (Phi) is 3.64. The maximum absolute atomic E-state index is 11.9. The largest absolute Gasteiger partial charge is 0.374 e. The zero-order chi connectivity index (χ0) is 14.1. The predicted molar refractivity (Wildman–Crippen MR) is 73.9 cm³/mol. The van der Waals surface area contributed by atoms with Gasteiger partial charge in [0.2, 0.25) is 0 Å². The number of amidine groups is 1. The fourth-order valence-electron chi connectivity index (χ4n) is 1.96. The molecule has 2 rings (SSSR count). The van der Waals surface area contributed by atoms with Crippen molar-refractivity contribution in [3.05, 3.63) is 29.8 Å². The summed E-state index contributed by atoms with van der Waals surface area (Å²) < 4.78 is 31.8. The van der Waals surface area contributed by atoms with Crippen LogP contribution >= 0.6 is 0 Å². The van der Waals surface area contributed by atoms with Crippen LogP contribution in [0.15, 0.2) is 34.2 Å². The fraction of sp³-hybridized carbons (Fsp3) is 0.462. The van der Waals surface area contributed by atoms with Gasteiger partial charge in [0.1, 0.15) is 5.84 Å². The normalized spacial score (nSPS) is 19.2. The Morgan fingerprint density at radius 2 is 2.00 bits per heavy atom. The molecule has 5 nitrogen and oxygen atoms in total. The molecule has 0 radical (unpaired) electrons. The minimum Gasteiger partial charge on any atom is -0.374 e. The van der Waals surface area contributed by atoms with E-state index in [2.05, 4.69) is 9.71 Å². The van der Waals surface area contributed by atoms with Crippen molar-refractivity contribution < 1.29 is 13.2 Å². The number of fused-ring (bicyclic) bond motifs is 1. The van der Waals surface area contributed by atoms with Crippen LogP contribution < -0.4 is 4.72 Å². The van der Waals surface area contributed by atoms with E-state index in [-0.39, 0.29) is 4.90 Å². The van der Waals surface area contributed by atoms with Gasteiger partial charge in [-0.2, -0.15) is 0 Å². The van der Waals surface area contributed by atoms with E-state index in [9.17, 15) is 8.42 Å². The smallest absolute Gasteiger partial charge is 0.263 e. The number of benzene rings is 1. The Bertz CT molecular complexity index is 606. The van der Waals surface area contributed by atoms with Gasteiger partial charge >= 0.3 is 0 Å². The molecule has 1 aromatic rings. The van der Waals surface area contributed by atoms with Crippen molar-refractivity contribution in [2.24, 2.45) is 4.99 Å². The van der Waals surface area contributed by atoms with Gasteiger partial charge in [0, 0.05) is 12.2 Å². The van der Waals surface area contributed by atoms with Gasteiger partial charge < -0.3 is 4.74 Å². The molecule has 0 aromatic heterocycles. The summed E-state index contributed by atoms with van der Waals surface area (Å²) in [7, 11) is -3.46. The van der Waals surface area contributed by atoms with Crippen LogP contribution in [0.5, 0.6) is 0 Å². The molecule has 104 valence electrons. The maximum Gasteiger partial charge on any atom is 0.263 e. The first kappa shape index (κ1) is 14.0. The first-order chi connectivity index (χ1) is 8.86. The Morgan fingerprint density at radius 1 is 1.32 bits per heavy atom. The number of nitrogens with one attached hydrogen (secondary N) is 1. The number of ether oxygens (including phenoxy) is 1. The van der Waals surface area contributed by atoms with Gasteiger partial charge in [-0.15, -0.1) is 0 Å². The van der Waals surface area contributed by atoms with E-state index in [0.717, 1.165) is 0 Å². The zero-order valence-corrected chi connectivity index (χ0v) is 12.1. The second-order valence-electron chi connectivity index (χ2n) is 4.96. The molecule has 0 unspecified atom stereocenters. The van der Waals surface area contributed by atoms with E-state index >= 15 is 0 Å². The van der Waals surface area contributed by atoms with Gasteiger partial charge in [0.05, 0.1) is 17.0 Å². The van der Waals surface area contributed by atoms with Gasteiger partial charge in [-0.3, -0.25) is 9.71 Å². The second-order valence-corrected chi connectivity index (χ2v) is 6.61. The molecule has 1 aliphatic heterocycles. The number of hydrogen-bond donors (Lipinski definition) is 1. The highest BCUT2D eigenvalue weighted by atomic mass is 32.2. The predicted octanol–water partition coefficient (Wildman–Crippen LogP) is 1.54. The summed E-state index contributed by atoms with van der Waals surface area (Å²) >= 11 is 0. The minimum absolute atomic E-state index is 0.281. The second kappa shape index (κ2) is 4.94.